The molecular formula is C48H31N3. The van der Waals surface area contributed by atoms with Crippen molar-refractivity contribution in [3.05, 3.63) is 188 Å². The van der Waals surface area contributed by atoms with Crippen molar-refractivity contribution in [3.8, 4) is 50.5 Å². The Morgan fingerprint density at radius 3 is 1.61 bits per heavy atom. The summed E-state index contributed by atoms with van der Waals surface area (Å²) in [7, 11) is 0. The maximum absolute atomic E-state index is 5.25. The lowest BCUT2D eigenvalue weighted by Gasteiger charge is -2.14. The molecule has 51 heavy (non-hydrogen) atoms. The second kappa shape index (κ2) is 11.9. The molecule has 0 unspecified atom stereocenters. The van der Waals surface area contributed by atoms with Crippen molar-refractivity contribution < 1.29 is 0 Å². The van der Waals surface area contributed by atoms with E-state index in [1.807, 2.05) is 30.3 Å². The highest BCUT2D eigenvalue weighted by atomic mass is 15.0. The largest absolute Gasteiger partial charge is 0.309 e. The van der Waals surface area contributed by atoms with Crippen LogP contribution in [-0.2, 0) is 0 Å². The van der Waals surface area contributed by atoms with Gasteiger partial charge in [-0.1, -0.05) is 152 Å². The first kappa shape index (κ1) is 29.1. The molecule has 0 saturated carbocycles. The molecule has 0 aliphatic heterocycles. The number of benzene rings is 8. The fourth-order valence-electron chi connectivity index (χ4n) is 7.61. The fourth-order valence-corrected chi connectivity index (χ4v) is 7.61. The summed E-state index contributed by atoms with van der Waals surface area (Å²) >= 11 is 0. The maximum Gasteiger partial charge on any atom is 0.0973 e. The highest BCUT2D eigenvalue weighted by Crippen LogP contribution is 2.43. The van der Waals surface area contributed by atoms with E-state index in [1.54, 1.807) is 0 Å². The summed E-state index contributed by atoms with van der Waals surface area (Å²) in [5, 5.41) is 4.96. The Kier molecular flexibility index (Phi) is 6.81. The molecule has 0 bridgehead atoms. The summed E-state index contributed by atoms with van der Waals surface area (Å²) in [5.41, 5.74) is 13.7. The van der Waals surface area contributed by atoms with Crippen LogP contribution in [0.25, 0.3) is 94.1 Å². The van der Waals surface area contributed by atoms with Gasteiger partial charge in [0.1, 0.15) is 0 Å². The molecule has 0 aliphatic rings. The highest BCUT2D eigenvalue weighted by Gasteiger charge is 2.20. The van der Waals surface area contributed by atoms with Gasteiger partial charge in [-0.15, -0.1) is 0 Å². The SMILES string of the molecule is c1ccc(-c2ccc3c4c5ccccc5c(-c5ccccc5)cc4n(-c4cccc(-c5nc6ccccc6nc5-c5ccccc5)c4)c3c2)cc1. The van der Waals surface area contributed by atoms with Crippen molar-refractivity contribution in [2.75, 3.05) is 0 Å². The zero-order chi connectivity index (χ0) is 33.7. The number of hydrogen-bond acceptors (Lipinski definition) is 2. The molecule has 2 aromatic heterocycles. The molecule has 0 spiro atoms. The summed E-state index contributed by atoms with van der Waals surface area (Å²) in [5.74, 6) is 0. The maximum atomic E-state index is 5.25. The Hall–Kier alpha value is -6.84. The molecule has 3 nitrogen and oxygen atoms in total. The van der Waals surface area contributed by atoms with Gasteiger partial charge in [0.05, 0.1) is 33.5 Å². The van der Waals surface area contributed by atoms with Gasteiger partial charge in [0.2, 0.25) is 0 Å². The standard InChI is InChI=1S/C48H31N3/c1-4-15-32(16-5-1)35-27-28-40-44(30-35)51(45-31-41(33-17-6-2-7-18-33)38-23-10-11-24-39(38)46(40)45)37-22-14-21-36(29-37)48-47(34-19-8-3-9-20-34)49-42-25-12-13-26-43(42)50-48/h1-31H. The lowest BCUT2D eigenvalue weighted by molar-refractivity contribution is 1.18. The lowest BCUT2D eigenvalue weighted by atomic mass is 9.94. The molecule has 0 amide bonds. The number of para-hydroxylation sites is 2. The molecule has 0 aliphatic carbocycles. The number of nitrogens with zero attached hydrogens (tertiary/aromatic N) is 3. The minimum atomic E-state index is 0.864. The van der Waals surface area contributed by atoms with E-state index in [2.05, 4.69) is 162 Å². The van der Waals surface area contributed by atoms with Crippen LogP contribution in [0.5, 0.6) is 0 Å². The molecule has 0 radical (unpaired) electrons. The average Bonchev–Trinajstić information content (AvgIpc) is 3.55. The number of hydrogen-bond donors (Lipinski definition) is 0. The predicted octanol–water partition coefficient (Wildman–Crippen LogP) is 12.5. The summed E-state index contributed by atoms with van der Waals surface area (Å²) in [4.78, 5) is 10.4. The first-order valence-corrected chi connectivity index (χ1v) is 17.3. The molecule has 0 atom stereocenters. The number of rotatable bonds is 5. The third-order valence-corrected chi connectivity index (χ3v) is 9.96. The van der Waals surface area contributed by atoms with E-state index in [1.165, 1.54) is 43.8 Å². The first-order chi connectivity index (χ1) is 25.3. The van der Waals surface area contributed by atoms with Gasteiger partial charge < -0.3 is 4.57 Å². The minimum absolute atomic E-state index is 0.864. The van der Waals surface area contributed by atoms with Crippen LogP contribution in [0.2, 0.25) is 0 Å². The molecule has 3 heteroatoms. The summed E-state index contributed by atoms with van der Waals surface area (Å²) in [6, 6.07) is 66.8. The van der Waals surface area contributed by atoms with E-state index in [4.69, 9.17) is 9.97 Å². The second-order valence-electron chi connectivity index (χ2n) is 13.0. The van der Waals surface area contributed by atoms with Crippen LogP contribution >= 0.6 is 0 Å². The number of fused-ring (bicyclic) bond motifs is 6. The first-order valence-electron chi connectivity index (χ1n) is 17.3. The van der Waals surface area contributed by atoms with Gasteiger partial charge in [-0.05, 0) is 69.4 Å². The van der Waals surface area contributed by atoms with E-state index in [-0.39, 0.29) is 0 Å². The van der Waals surface area contributed by atoms with Crippen molar-refractivity contribution in [3.63, 3.8) is 0 Å². The van der Waals surface area contributed by atoms with E-state index in [9.17, 15) is 0 Å². The molecule has 10 rings (SSSR count). The van der Waals surface area contributed by atoms with Gasteiger partial charge in [0.25, 0.3) is 0 Å². The van der Waals surface area contributed by atoms with E-state index >= 15 is 0 Å². The summed E-state index contributed by atoms with van der Waals surface area (Å²) < 4.78 is 2.44. The molecule has 0 N–H and O–H groups in total. The molecule has 8 aromatic carbocycles. The summed E-state index contributed by atoms with van der Waals surface area (Å²) in [6.07, 6.45) is 0. The Bertz CT molecular complexity index is 2890. The zero-order valence-corrected chi connectivity index (χ0v) is 27.7. The Balaban J connectivity index is 1.29. The average molecular weight is 650 g/mol. The monoisotopic (exact) mass is 649 g/mol. The van der Waals surface area contributed by atoms with Crippen LogP contribution in [0.3, 0.4) is 0 Å². The van der Waals surface area contributed by atoms with Crippen LogP contribution in [0.15, 0.2) is 188 Å². The van der Waals surface area contributed by atoms with Gasteiger partial charge in [-0.3, -0.25) is 0 Å². The molecule has 0 saturated heterocycles. The Morgan fingerprint density at radius 1 is 0.333 bits per heavy atom. The molecule has 10 aromatic rings. The normalized spacial score (nSPS) is 11.5. The smallest absolute Gasteiger partial charge is 0.0973 e. The topological polar surface area (TPSA) is 30.7 Å². The molecule has 0 fully saturated rings. The van der Waals surface area contributed by atoms with Gasteiger partial charge in [0, 0.05) is 27.6 Å². The van der Waals surface area contributed by atoms with Gasteiger partial charge >= 0.3 is 0 Å². The van der Waals surface area contributed by atoms with Crippen LogP contribution in [0.4, 0.5) is 0 Å². The van der Waals surface area contributed by atoms with Crippen LogP contribution < -0.4 is 0 Å². The van der Waals surface area contributed by atoms with Crippen molar-refractivity contribution in [2.24, 2.45) is 0 Å². The lowest BCUT2D eigenvalue weighted by Crippen LogP contribution is -1.98. The van der Waals surface area contributed by atoms with E-state index in [0.717, 1.165) is 50.3 Å². The zero-order valence-electron chi connectivity index (χ0n) is 27.7. The van der Waals surface area contributed by atoms with Gasteiger partial charge in [-0.2, -0.15) is 0 Å². The van der Waals surface area contributed by atoms with E-state index < -0.39 is 0 Å². The quantitative estimate of drug-likeness (QED) is 0.186. The highest BCUT2D eigenvalue weighted by molar-refractivity contribution is 6.24. The van der Waals surface area contributed by atoms with Crippen molar-refractivity contribution in [1.29, 1.82) is 0 Å². The van der Waals surface area contributed by atoms with Crippen molar-refractivity contribution >= 4 is 43.6 Å². The second-order valence-corrected chi connectivity index (χ2v) is 13.0. The van der Waals surface area contributed by atoms with Crippen LogP contribution in [0.1, 0.15) is 0 Å². The molecule has 2 heterocycles. The third-order valence-electron chi connectivity index (χ3n) is 9.96. The van der Waals surface area contributed by atoms with Crippen molar-refractivity contribution in [2.45, 2.75) is 0 Å². The molecular weight excluding hydrogens is 619 g/mol. The third kappa shape index (κ3) is 4.90. The fraction of sp³-hybridized carbons (Fsp3) is 0. The Morgan fingerprint density at radius 2 is 0.902 bits per heavy atom. The summed E-state index contributed by atoms with van der Waals surface area (Å²) in [6.45, 7) is 0. The predicted molar refractivity (Wildman–Crippen MR) is 213 cm³/mol. The molecule has 238 valence electrons. The number of aromatic nitrogens is 3. The van der Waals surface area contributed by atoms with E-state index in [0.29, 0.717) is 0 Å². The van der Waals surface area contributed by atoms with Gasteiger partial charge in [-0.25, -0.2) is 9.97 Å². The van der Waals surface area contributed by atoms with Gasteiger partial charge in [0.15, 0.2) is 0 Å². The minimum Gasteiger partial charge on any atom is -0.309 e. The Labute approximate surface area is 295 Å². The van der Waals surface area contributed by atoms with Crippen LogP contribution in [0, 0.1) is 0 Å². The van der Waals surface area contributed by atoms with Crippen LogP contribution in [-0.4, -0.2) is 14.5 Å². The van der Waals surface area contributed by atoms with Crippen molar-refractivity contribution in [1.82, 2.24) is 14.5 Å².